The molecule has 0 saturated carbocycles. The standard InChI is InChI=1S/C24H22N6O4/c1-32-19-12-17(13-20(33-2)21(19)34-3)28-24-27-14-16-7-10-30(22(16)29-24)18-6-4-5-15(11-18)23(31)26-9-8-25/h4-7,10-14H,9H2,1-3H3,(H,26,31)(H,27,28,29). The third-order valence-corrected chi connectivity index (χ3v) is 5.06. The summed E-state index contributed by atoms with van der Waals surface area (Å²) in [6.45, 7) is -0.0568. The van der Waals surface area contributed by atoms with Crippen LogP contribution in [0.5, 0.6) is 17.2 Å². The molecule has 0 aliphatic carbocycles. The van der Waals surface area contributed by atoms with Gasteiger partial charge in [0.05, 0.1) is 27.4 Å². The van der Waals surface area contributed by atoms with Crippen LogP contribution in [0.3, 0.4) is 0 Å². The predicted octanol–water partition coefficient (Wildman–Crippen LogP) is 3.44. The molecule has 2 N–H and O–H groups in total. The molecular formula is C24H22N6O4. The van der Waals surface area contributed by atoms with Crippen molar-refractivity contribution in [3.63, 3.8) is 0 Å². The summed E-state index contributed by atoms with van der Waals surface area (Å²) >= 11 is 0. The van der Waals surface area contributed by atoms with Crippen molar-refractivity contribution in [2.24, 2.45) is 0 Å². The van der Waals surface area contributed by atoms with Gasteiger partial charge in [0.25, 0.3) is 5.91 Å². The van der Waals surface area contributed by atoms with Gasteiger partial charge < -0.3 is 29.4 Å². The van der Waals surface area contributed by atoms with Crippen LogP contribution in [0.25, 0.3) is 16.7 Å². The van der Waals surface area contributed by atoms with E-state index in [1.54, 1.807) is 57.9 Å². The topological polar surface area (TPSA) is 123 Å². The van der Waals surface area contributed by atoms with Gasteiger partial charge in [0.1, 0.15) is 12.2 Å². The molecule has 2 heterocycles. The largest absolute Gasteiger partial charge is 0.493 e. The number of carbonyl (C=O) groups excluding carboxylic acids is 1. The average molecular weight is 458 g/mol. The molecule has 0 aliphatic heterocycles. The van der Waals surface area contributed by atoms with Crippen LogP contribution in [0, 0.1) is 11.3 Å². The van der Waals surface area contributed by atoms with Crippen LogP contribution in [0.2, 0.25) is 0 Å². The molecule has 2 aromatic heterocycles. The van der Waals surface area contributed by atoms with E-state index >= 15 is 0 Å². The summed E-state index contributed by atoms with van der Waals surface area (Å²) in [5.74, 6) is 1.53. The normalized spacial score (nSPS) is 10.4. The van der Waals surface area contributed by atoms with E-state index in [0.717, 1.165) is 11.1 Å². The molecular weight excluding hydrogens is 436 g/mol. The van der Waals surface area contributed by atoms with E-state index in [4.69, 9.17) is 19.5 Å². The van der Waals surface area contributed by atoms with Gasteiger partial charge in [-0.05, 0) is 24.3 Å². The van der Waals surface area contributed by atoms with Crippen molar-refractivity contribution in [2.45, 2.75) is 0 Å². The fraction of sp³-hybridized carbons (Fsp3) is 0.167. The van der Waals surface area contributed by atoms with Gasteiger partial charge in [0.15, 0.2) is 11.5 Å². The molecule has 0 aliphatic rings. The number of fused-ring (bicyclic) bond motifs is 1. The van der Waals surface area contributed by atoms with Crippen molar-refractivity contribution < 1.29 is 19.0 Å². The Hall–Kier alpha value is -4.78. The smallest absolute Gasteiger partial charge is 0.252 e. The van der Waals surface area contributed by atoms with Crippen molar-refractivity contribution >= 4 is 28.6 Å². The van der Waals surface area contributed by atoms with Crippen molar-refractivity contribution in [3.8, 4) is 29.0 Å². The lowest BCUT2D eigenvalue weighted by atomic mass is 10.2. The molecule has 172 valence electrons. The molecule has 0 spiro atoms. The number of hydrogen-bond donors (Lipinski definition) is 2. The van der Waals surface area contributed by atoms with Crippen LogP contribution in [-0.2, 0) is 0 Å². The van der Waals surface area contributed by atoms with Crippen molar-refractivity contribution in [2.75, 3.05) is 33.2 Å². The lowest BCUT2D eigenvalue weighted by Gasteiger charge is -2.14. The predicted molar refractivity (Wildman–Crippen MR) is 126 cm³/mol. The van der Waals surface area contributed by atoms with Gasteiger partial charge in [-0.1, -0.05) is 6.07 Å². The van der Waals surface area contributed by atoms with Gasteiger partial charge in [-0.3, -0.25) is 4.79 Å². The maximum Gasteiger partial charge on any atom is 0.252 e. The Morgan fingerprint density at radius 3 is 2.53 bits per heavy atom. The highest BCUT2D eigenvalue weighted by Gasteiger charge is 2.15. The monoisotopic (exact) mass is 458 g/mol. The highest BCUT2D eigenvalue weighted by atomic mass is 16.5. The van der Waals surface area contributed by atoms with Gasteiger partial charge in [-0.15, -0.1) is 0 Å². The Bertz CT molecular complexity index is 1370. The van der Waals surface area contributed by atoms with E-state index in [1.165, 1.54) is 0 Å². The number of amides is 1. The minimum absolute atomic E-state index is 0.0568. The van der Waals surface area contributed by atoms with Crippen LogP contribution in [0.15, 0.2) is 54.9 Å². The zero-order valence-electron chi connectivity index (χ0n) is 18.8. The summed E-state index contributed by atoms with van der Waals surface area (Å²) in [5, 5.41) is 15.2. The molecule has 0 unspecified atom stereocenters. The van der Waals surface area contributed by atoms with Crippen molar-refractivity contribution in [1.29, 1.82) is 5.26 Å². The van der Waals surface area contributed by atoms with E-state index in [1.807, 2.05) is 29.0 Å². The summed E-state index contributed by atoms with van der Waals surface area (Å²) in [6.07, 6.45) is 3.57. The molecule has 0 radical (unpaired) electrons. The number of carbonyl (C=O) groups is 1. The summed E-state index contributed by atoms with van der Waals surface area (Å²) in [6, 6.07) is 14.4. The van der Waals surface area contributed by atoms with Crippen LogP contribution < -0.4 is 24.8 Å². The van der Waals surface area contributed by atoms with E-state index in [-0.39, 0.29) is 12.5 Å². The first-order valence-electron chi connectivity index (χ1n) is 10.2. The van der Waals surface area contributed by atoms with Gasteiger partial charge in [0, 0.05) is 46.9 Å². The Kier molecular flexibility index (Phi) is 6.45. The third-order valence-electron chi connectivity index (χ3n) is 5.06. The van der Waals surface area contributed by atoms with Crippen LogP contribution in [0.1, 0.15) is 10.4 Å². The lowest BCUT2D eigenvalue weighted by molar-refractivity contribution is 0.0958. The van der Waals surface area contributed by atoms with Crippen molar-refractivity contribution in [3.05, 3.63) is 60.4 Å². The summed E-state index contributed by atoms with van der Waals surface area (Å²) in [5.41, 5.74) is 2.50. The maximum atomic E-state index is 12.3. The minimum atomic E-state index is -0.320. The van der Waals surface area contributed by atoms with E-state index in [9.17, 15) is 4.79 Å². The van der Waals surface area contributed by atoms with Gasteiger partial charge >= 0.3 is 0 Å². The lowest BCUT2D eigenvalue weighted by Crippen LogP contribution is -2.23. The molecule has 1 amide bonds. The number of anilines is 2. The molecule has 0 saturated heterocycles. The Labute approximate surface area is 195 Å². The first-order chi connectivity index (χ1) is 16.6. The second-order valence-corrected chi connectivity index (χ2v) is 7.09. The highest BCUT2D eigenvalue weighted by molar-refractivity contribution is 5.95. The molecule has 34 heavy (non-hydrogen) atoms. The quantitative estimate of drug-likeness (QED) is 0.385. The molecule has 10 heteroatoms. The summed E-state index contributed by atoms with van der Waals surface area (Å²) in [4.78, 5) is 21.3. The number of rotatable bonds is 8. The Morgan fingerprint density at radius 1 is 1.09 bits per heavy atom. The van der Waals surface area contributed by atoms with Crippen LogP contribution in [-0.4, -0.2) is 48.3 Å². The van der Waals surface area contributed by atoms with Gasteiger partial charge in [-0.2, -0.15) is 10.2 Å². The maximum absolute atomic E-state index is 12.3. The highest BCUT2D eigenvalue weighted by Crippen LogP contribution is 2.40. The SMILES string of the molecule is COc1cc(Nc2ncc3ccn(-c4cccc(C(=O)NCC#N)c4)c3n2)cc(OC)c1OC. The van der Waals surface area contributed by atoms with Gasteiger partial charge in [0.2, 0.25) is 11.7 Å². The second-order valence-electron chi connectivity index (χ2n) is 7.09. The second kappa shape index (κ2) is 9.79. The van der Waals surface area contributed by atoms with E-state index in [2.05, 4.69) is 20.6 Å². The number of benzene rings is 2. The van der Waals surface area contributed by atoms with Crippen LogP contribution >= 0.6 is 0 Å². The molecule has 0 bridgehead atoms. The third kappa shape index (κ3) is 4.40. The number of nitrogens with zero attached hydrogens (tertiary/aromatic N) is 4. The molecule has 10 nitrogen and oxygen atoms in total. The zero-order valence-corrected chi connectivity index (χ0v) is 18.8. The first kappa shape index (κ1) is 22.4. The van der Waals surface area contributed by atoms with E-state index < -0.39 is 0 Å². The number of ether oxygens (including phenoxy) is 3. The first-order valence-corrected chi connectivity index (χ1v) is 10.2. The zero-order chi connectivity index (χ0) is 24.1. The minimum Gasteiger partial charge on any atom is -0.493 e. The molecule has 0 atom stereocenters. The summed E-state index contributed by atoms with van der Waals surface area (Å²) < 4.78 is 18.0. The number of methoxy groups -OCH3 is 3. The summed E-state index contributed by atoms with van der Waals surface area (Å²) in [7, 11) is 4.64. The fourth-order valence-electron chi connectivity index (χ4n) is 3.49. The molecule has 2 aromatic carbocycles. The Balaban J connectivity index is 1.68. The number of nitriles is 1. The van der Waals surface area contributed by atoms with E-state index in [0.29, 0.717) is 40.1 Å². The van der Waals surface area contributed by atoms with Crippen molar-refractivity contribution in [1.82, 2.24) is 19.9 Å². The average Bonchev–Trinajstić information content (AvgIpc) is 3.30. The van der Waals surface area contributed by atoms with Crippen LogP contribution in [0.4, 0.5) is 11.6 Å². The number of hydrogen-bond acceptors (Lipinski definition) is 8. The molecule has 4 aromatic rings. The number of nitrogens with one attached hydrogen (secondary N) is 2. The number of aromatic nitrogens is 3. The Morgan fingerprint density at radius 2 is 1.85 bits per heavy atom. The fourth-order valence-corrected chi connectivity index (χ4v) is 3.49. The molecule has 4 rings (SSSR count). The molecule has 0 fully saturated rings. The van der Waals surface area contributed by atoms with Gasteiger partial charge in [-0.25, -0.2) is 4.98 Å².